The zero-order valence-corrected chi connectivity index (χ0v) is 10.2. The second-order valence-corrected chi connectivity index (χ2v) is 4.04. The monoisotopic (exact) mass is 237 g/mol. The summed E-state index contributed by atoms with van der Waals surface area (Å²) in [5.74, 6) is 5.17. The number of nitrogens with one attached hydrogen (secondary N) is 1. The molecule has 1 aromatic carbocycles. The Morgan fingerprint density at radius 2 is 2.00 bits per heavy atom. The second-order valence-electron chi connectivity index (χ2n) is 4.04. The number of nitrogens with two attached hydrogens (primary N) is 1. The summed E-state index contributed by atoms with van der Waals surface area (Å²) in [5, 5.41) is 8.94. The maximum absolute atomic E-state index is 12.1. The van der Waals surface area contributed by atoms with Gasteiger partial charge >= 0.3 is 0 Å². The lowest BCUT2D eigenvalue weighted by molar-refractivity contribution is 0.0665. The molecular weight excluding hydrogens is 218 g/mol. The van der Waals surface area contributed by atoms with Crippen LogP contribution in [0.15, 0.2) is 24.3 Å². The van der Waals surface area contributed by atoms with E-state index in [2.05, 4.69) is 5.43 Å². The predicted octanol–water partition coefficient (Wildman–Crippen LogP) is 0.815. The van der Waals surface area contributed by atoms with E-state index in [1.807, 2.05) is 13.8 Å². The summed E-state index contributed by atoms with van der Waals surface area (Å²) in [6, 6.07) is 6.96. The molecule has 0 atom stereocenters. The normalized spacial score (nSPS) is 10.4. The van der Waals surface area contributed by atoms with Crippen LogP contribution in [0, 0.1) is 0 Å². The molecule has 0 aliphatic heterocycles. The van der Waals surface area contributed by atoms with E-state index in [9.17, 15) is 4.79 Å². The Morgan fingerprint density at radius 1 is 1.41 bits per heavy atom. The summed E-state index contributed by atoms with van der Waals surface area (Å²) in [6.45, 7) is 4.15. The van der Waals surface area contributed by atoms with Gasteiger partial charge in [-0.15, -0.1) is 0 Å². The highest BCUT2D eigenvalue weighted by Gasteiger charge is 2.17. The Hall–Kier alpha value is -1.59. The first-order chi connectivity index (χ1) is 8.10. The molecule has 0 spiro atoms. The van der Waals surface area contributed by atoms with Gasteiger partial charge in [-0.1, -0.05) is 0 Å². The third-order valence-corrected chi connectivity index (χ3v) is 2.52. The fourth-order valence-corrected chi connectivity index (χ4v) is 1.58. The number of hydrazine groups is 1. The molecule has 94 valence electrons. The molecular formula is C12H19N3O2. The van der Waals surface area contributed by atoms with Gasteiger partial charge in [0.25, 0.3) is 5.91 Å². The molecule has 0 aromatic heterocycles. The summed E-state index contributed by atoms with van der Waals surface area (Å²) in [7, 11) is 0. The molecule has 1 amide bonds. The van der Waals surface area contributed by atoms with Gasteiger partial charge in [0.05, 0.1) is 6.61 Å². The van der Waals surface area contributed by atoms with Gasteiger partial charge in [0.1, 0.15) is 0 Å². The molecule has 0 fully saturated rings. The Bertz CT molecular complexity index is 363. The summed E-state index contributed by atoms with van der Waals surface area (Å²) in [4.78, 5) is 13.8. The van der Waals surface area contributed by atoms with Crippen LogP contribution in [0.4, 0.5) is 5.69 Å². The topological polar surface area (TPSA) is 78.6 Å². The summed E-state index contributed by atoms with van der Waals surface area (Å²) in [5.41, 5.74) is 3.84. The molecule has 1 rings (SSSR count). The number of anilines is 1. The first-order valence-corrected chi connectivity index (χ1v) is 5.58. The molecule has 5 heteroatoms. The Morgan fingerprint density at radius 3 is 2.41 bits per heavy atom. The number of benzene rings is 1. The van der Waals surface area contributed by atoms with Gasteiger partial charge < -0.3 is 15.4 Å². The molecule has 0 saturated carbocycles. The highest BCUT2D eigenvalue weighted by Crippen LogP contribution is 2.12. The van der Waals surface area contributed by atoms with Crippen molar-refractivity contribution in [3.63, 3.8) is 0 Å². The fraction of sp³-hybridized carbons (Fsp3) is 0.417. The Balaban J connectivity index is 2.85. The van der Waals surface area contributed by atoms with Crippen LogP contribution in [0.2, 0.25) is 0 Å². The largest absolute Gasteiger partial charge is 0.395 e. The smallest absolute Gasteiger partial charge is 0.254 e. The molecule has 5 nitrogen and oxygen atoms in total. The molecule has 0 radical (unpaired) electrons. The van der Waals surface area contributed by atoms with Crippen LogP contribution >= 0.6 is 0 Å². The molecule has 0 unspecified atom stereocenters. The van der Waals surface area contributed by atoms with Crippen molar-refractivity contribution in [1.82, 2.24) is 4.90 Å². The quantitative estimate of drug-likeness (QED) is 0.523. The number of hydrogen-bond donors (Lipinski definition) is 3. The summed E-state index contributed by atoms with van der Waals surface area (Å²) in [6.07, 6.45) is 0. The number of nitrogen functional groups attached to an aromatic ring is 1. The third kappa shape index (κ3) is 3.44. The van der Waals surface area contributed by atoms with E-state index in [0.717, 1.165) is 5.69 Å². The van der Waals surface area contributed by atoms with Crippen molar-refractivity contribution in [1.29, 1.82) is 0 Å². The van der Waals surface area contributed by atoms with Crippen molar-refractivity contribution in [2.75, 3.05) is 18.6 Å². The van der Waals surface area contributed by atoms with Crippen molar-refractivity contribution in [2.45, 2.75) is 19.9 Å². The molecule has 17 heavy (non-hydrogen) atoms. The highest BCUT2D eigenvalue weighted by atomic mass is 16.3. The number of carbonyl (C=O) groups is 1. The Labute approximate surface area is 101 Å². The molecule has 0 heterocycles. The Kier molecular flexibility index (Phi) is 4.93. The lowest BCUT2D eigenvalue weighted by Gasteiger charge is -2.26. The van der Waals surface area contributed by atoms with Gasteiger partial charge in [0.15, 0.2) is 0 Å². The molecule has 0 aliphatic rings. The van der Waals surface area contributed by atoms with E-state index in [4.69, 9.17) is 10.9 Å². The van der Waals surface area contributed by atoms with Crippen LogP contribution in [0.5, 0.6) is 0 Å². The minimum Gasteiger partial charge on any atom is -0.395 e. The number of rotatable bonds is 5. The molecule has 4 N–H and O–H groups in total. The van der Waals surface area contributed by atoms with Gasteiger partial charge in [-0.2, -0.15) is 0 Å². The van der Waals surface area contributed by atoms with Crippen molar-refractivity contribution in [3.8, 4) is 0 Å². The van der Waals surface area contributed by atoms with Crippen molar-refractivity contribution < 1.29 is 9.90 Å². The number of aliphatic hydroxyl groups is 1. The lowest BCUT2D eigenvalue weighted by Crippen LogP contribution is -2.38. The number of amides is 1. The molecule has 0 bridgehead atoms. The number of nitrogens with zero attached hydrogens (tertiary/aromatic N) is 1. The number of aliphatic hydroxyl groups excluding tert-OH is 1. The fourth-order valence-electron chi connectivity index (χ4n) is 1.58. The average Bonchev–Trinajstić information content (AvgIpc) is 2.35. The van der Waals surface area contributed by atoms with Crippen LogP contribution in [-0.4, -0.2) is 35.1 Å². The maximum atomic E-state index is 12.1. The van der Waals surface area contributed by atoms with Crippen molar-refractivity contribution in [3.05, 3.63) is 29.8 Å². The van der Waals surface area contributed by atoms with Crippen LogP contribution in [0.1, 0.15) is 24.2 Å². The highest BCUT2D eigenvalue weighted by molar-refractivity contribution is 5.94. The average molecular weight is 237 g/mol. The van der Waals surface area contributed by atoms with Gasteiger partial charge in [-0.05, 0) is 38.1 Å². The molecule has 0 saturated heterocycles. The predicted molar refractivity (Wildman–Crippen MR) is 67.5 cm³/mol. The van der Waals surface area contributed by atoms with E-state index < -0.39 is 0 Å². The van der Waals surface area contributed by atoms with Gasteiger partial charge in [-0.3, -0.25) is 10.6 Å². The van der Waals surface area contributed by atoms with E-state index >= 15 is 0 Å². The second kappa shape index (κ2) is 6.22. The SMILES string of the molecule is CC(C)N(CCO)C(=O)c1ccc(NN)cc1. The summed E-state index contributed by atoms with van der Waals surface area (Å²) < 4.78 is 0. The van der Waals surface area contributed by atoms with Crippen molar-refractivity contribution in [2.24, 2.45) is 5.84 Å². The van der Waals surface area contributed by atoms with Crippen molar-refractivity contribution >= 4 is 11.6 Å². The summed E-state index contributed by atoms with van der Waals surface area (Å²) >= 11 is 0. The van der Waals surface area contributed by atoms with Gasteiger partial charge in [0.2, 0.25) is 0 Å². The number of hydrogen-bond acceptors (Lipinski definition) is 4. The van der Waals surface area contributed by atoms with E-state index in [1.54, 1.807) is 29.2 Å². The zero-order chi connectivity index (χ0) is 12.8. The van der Waals surface area contributed by atoms with E-state index in [0.29, 0.717) is 12.1 Å². The first-order valence-electron chi connectivity index (χ1n) is 5.58. The first kappa shape index (κ1) is 13.5. The van der Waals surface area contributed by atoms with Crippen LogP contribution < -0.4 is 11.3 Å². The van der Waals surface area contributed by atoms with Crippen LogP contribution in [0.25, 0.3) is 0 Å². The third-order valence-electron chi connectivity index (χ3n) is 2.52. The minimum atomic E-state index is -0.0855. The van der Waals surface area contributed by atoms with Gasteiger partial charge in [-0.25, -0.2) is 0 Å². The van der Waals surface area contributed by atoms with Gasteiger partial charge in [0, 0.05) is 23.8 Å². The maximum Gasteiger partial charge on any atom is 0.254 e. The molecule has 0 aliphatic carbocycles. The standard InChI is InChI=1S/C12H19N3O2/c1-9(2)15(7-8-16)12(17)10-3-5-11(14-13)6-4-10/h3-6,9,14,16H,7-8,13H2,1-2H3. The van der Waals surface area contributed by atoms with E-state index in [1.165, 1.54) is 0 Å². The lowest BCUT2D eigenvalue weighted by atomic mass is 10.1. The van der Waals surface area contributed by atoms with E-state index in [-0.39, 0.29) is 18.6 Å². The van der Waals surface area contributed by atoms with Crippen LogP contribution in [0.3, 0.4) is 0 Å². The van der Waals surface area contributed by atoms with Crippen LogP contribution in [-0.2, 0) is 0 Å². The minimum absolute atomic E-state index is 0.0354. The number of carbonyl (C=O) groups excluding carboxylic acids is 1. The zero-order valence-electron chi connectivity index (χ0n) is 10.2. The molecule has 1 aromatic rings.